The summed E-state index contributed by atoms with van der Waals surface area (Å²) in [6, 6.07) is 3.51. The summed E-state index contributed by atoms with van der Waals surface area (Å²) in [6.45, 7) is 0. The average molecular weight is 272 g/mol. The van der Waals surface area contributed by atoms with Crippen molar-refractivity contribution in [3.05, 3.63) is 47.7 Å². The molecule has 0 spiro atoms. The number of hydrogen-bond donors (Lipinski definition) is 3. The highest BCUT2D eigenvalue weighted by molar-refractivity contribution is 5.97. The molecule has 0 bridgehead atoms. The Morgan fingerprint density at radius 2 is 2.10 bits per heavy atom. The highest BCUT2D eigenvalue weighted by atomic mass is 16.1. The van der Waals surface area contributed by atoms with E-state index in [1.54, 1.807) is 43.6 Å². The van der Waals surface area contributed by atoms with Crippen molar-refractivity contribution in [2.24, 2.45) is 11.5 Å². The zero-order chi connectivity index (χ0) is 14.8. The fourth-order valence-electron chi connectivity index (χ4n) is 2.23. The normalized spacial score (nSPS) is 21.1. The first-order chi connectivity index (χ1) is 9.49. The van der Waals surface area contributed by atoms with Gasteiger partial charge < -0.3 is 16.8 Å². The molecule has 20 heavy (non-hydrogen) atoms. The Morgan fingerprint density at radius 1 is 1.35 bits per heavy atom. The molecule has 1 aliphatic rings. The number of aromatic nitrogens is 1. The van der Waals surface area contributed by atoms with E-state index in [2.05, 4.69) is 10.3 Å². The van der Waals surface area contributed by atoms with Gasteiger partial charge in [0.25, 0.3) is 0 Å². The number of carbonyl (C=O) groups excluding carboxylic acids is 2. The topological polar surface area (TPSA) is 111 Å². The summed E-state index contributed by atoms with van der Waals surface area (Å²) in [5.41, 5.74) is 10.8. The zero-order valence-electron chi connectivity index (χ0n) is 11.1. The van der Waals surface area contributed by atoms with Crippen LogP contribution in [-0.4, -0.2) is 23.8 Å². The maximum atomic E-state index is 11.9. The van der Waals surface area contributed by atoms with Crippen LogP contribution in [0, 0.1) is 0 Å². The van der Waals surface area contributed by atoms with Crippen LogP contribution in [0.3, 0.4) is 0 Å². The first kappa shape index (κ1) is 13.8. The van der Waals surface area contributed by atoms with E-state index in [1.165, 1.54) is 0 Å². The summed E-state index contributed by atoms with van der Waals surface area (Å²) < 4.78 is 0. The summed E-state index contributed by atoms with van der Waals surface area (Å²) in [5, 5.41) is 2.90. The molecule has 1 aromatic rings. The number of amides is 2. The van der Waals surface area contributed by atoms with E-state index >= 15 is 0 Å². The number of anilines is 1. The molecule has 5 N–H and O–H groups in total. The van der Waals surface area contributed by atoms with E-state index in [-0.39, 0.29) is 6.42 Å². The predicted molar refractivity (Wildman–Crippen MR) is 75.7 cm³/mol. The maximum absolute atomic E-state index is 11.9. The lowest BCUT2D eigenvalue weighted by molar-refractivity contribution is -0.122. The van der Waals surface area contributed by atoms with Crippen molar-refractivity contribution in [2.45, 2.75) is 11.8 Å². The van der Waals surface area contributed by atoms with Gasteiger partial charge in [-0.05, 0) is 18.1 Å². The number of hydrogen-bond acceptors (Lipinski definition) is 4. The van der Waals surface area contributed by atoms with Gasteiger partial charge in [0.1, 0.15) is 5.82 Å². The van der Waals surface area contributed by atoms with Gasteiger partial charge in [0, 0.05) is 18.8 Å². The molecule has 1 aromatic heterocycles. The molecule has 0 radical (unpaired) electrons. The molecular formula is C14H16N4O2. The molecule has 1 unspecified atom stereocenters. The Bertz CT molecular complexity index is 604. The average Bonchev–Trinajstić information content (AvgIpc) is 2.47. The van der Waals surface area contributed by atoms with Crippen LogP contribution in [-0.2, 0) is 15.0 Å². The van der Waals surface area contributed by atoms with Crippen LogP contribution in [0.1, 0.15) is 12.0 Å². The lowest BCUT2D eigenvalue weighted by Crippen LogP contribution is -2.42. The molecule has 0 saturated heterocycles. The highest BCUT2D eigenvalue weighted by Gasteiger charge is 2.39. The standard InChI is InChI=1S/C14H16N4O2/c1-17-11-5-4-10(8-18-11)14(13(16)20)6-2-3-9(7-14)12(15)19/h2-6,8H,7H2,1H3,(H2,15,19)(H2,16,20)(H,17,18). The van der Waals surface area contributed by atoms with E-state index in [4.69, 9.17) is 11.5 Å². The van der Waals surface area contributed by atoms with Crippen molar-refractivity contribution < 1.29 is 9.59 Å². The largest absolute Gasteiger partial charge is 0.373 e. The van der Waals surface area contributed by atoms with Gasteiger partial charge in [-0.1, -0.05) is 24.3 Å². The lowest BCUT2D eigenvalue weighted by atomic mass is 9.73. The highest BCUT2D eigenvalue weighted by Crippen LogP contribution is 2.35. The third-order valence-electron chi connectivity index (χ3n) is 3.44. The fraction of sp³-hybridized carbons (Fsp3) is 0.214. The molecule has 1 atom stereocenters. The second kappa shape index (κ2) is 5.16. The molecule has 6 nitrogen and oxygen atoms in total. The molecule has 0 saturated carbocycles. The van der Waals surface area contributed by atoms with Gasteiger partial charge in [-0.2, -0.15) is 0 Å². The minimum absolute atomic E-state index is 0.148. The maximum Gasteiger partial charge on any atom is 0.244 e. The molecule has 0 aromatic carbocycles. The van der Waals surface area contributed by atoms with Gasteiger partial charge in [0.05, 0.1) is 5.41 Å². The number of nitrogens with one attached hydrogen (secondary N) is 1. The number of pyridine rings is 1. The predicted octanol–water partition coefficient (Wildman–Crippen LogP) is 0.218. The third-order valence-corrected chi connectivity index (χ3v) is 3.44. The van der Waals surface area contributed by atoms with Gasteiger partial charge >= 0.3 is 0 Å². The summed E-state index contributed by atoms with van der Waals surface area (Å²) in [7, 11) is 1.75. The van der Waals surface area contributed by atoms with Gasteiger partial charge in [0.2, 0.25) is 11.8 Å². The van der Waals surface area contributed by atoms with Crippen LogP contribution in [0.25, 0.3) is 0 Å². The molecule has 0 aliphatic heterocycles. The monoisotopic (exact) mass is 272 g/mol. The van der Waals surface area contributed by atoms with Crippen LogP contribution in [0.5, 0.6) is 0 Å². The Morgan fingerprint density at radius 3 is 2.60 bits per heavy atom. The van der Waals surface area contributed by atoms with E-state index in [0.717, 1.165) is 0 Å². The van der Waals surface area contributed by atoms with Crippen LogP contribution < -0.4 is 16.8 Å². The minimum atomic E-state index is -1.08. The molecular weight excluding hydrogens is 256 g/mol. The quantitative estimate of drug-likeness (QED) is 0.727. The van der Waals surface area contributed by atoms with Gasteiger partial charge in [-0.3, -0.25) is 9.59 Å². The second-order valence-corrected chi connectivity index (χ2v) is 4.61. The second-order valence-electron chi connectivity index (χ2n) is 4.61. The van der Waals surface area contributed by atoms with Crippen molar-refractivity contribution in [3.8, 4) is 0 Å². The molecule has 6 heteroatoms. The van der Waals surface area contributed by atoms with Crippen molar-refractivity contribution in [1.82, 2.24) is 4.98 Å². The minimum Gasteiger partial charge on any atom is -0.373 e. The fourth-order valence-corrected chi connectivity index (χ4v) is 2.23. The molecule has 1 aliphatic carbocycles. The van der Waals surface area contributed by atoms with Crippen LogP contribution in [0.15, 0.2) is 42.1 Å². The number of allylic oxidation sites excluding steroid dienone is 2. The zero-order valence-corrected chi connectivity index (χ0v) is 11.1. The van der Waals surface area contributed by atoms with Crippen LogP contribution >= 0.6 is 0 Å². The van der Waals surface area contributed by atoms with Gasteiger partial charge in [-0.15, -0.1) is 0 Å². The van der Waals surface area contributed by atoms with E-state index in [0.29, 0.717) is 17.0 Å². The molecule has 1 heterocycles. The molecule has 104 valence electrons. The Kier molecular flexibility index (Phi) is 3.56. The van der Waals surface area contributed by atoms with E-state index < -0.39 is 17.2 Å². The first-order valence-corrected chi connectivity index (χ1v) is 6.12. The van der Waals surface area contributed by atoms with Crippen molar-refractivity contribution >= 4 is 17.6 Å². The number of nitrogens with zero attached hydrogens (tertiary/aromatic N) is 1. The Labute approximate surface area is 116 Å². The summed E-state index contributed by atoms with van der Waals surface area (Å²) in [6.07, 6.45) is 6.62. The Hall–Kier alpha value is -2.63. The third kappa shape index (κ3) is 2.27. The smallest absolute Gasteiger partial charge is 0.244 e. The van der Waals surface area contributed by atoms with Crippen LogP contribution in [0.2, 0.25) is 0 Å². The van der Waals surface area contributed by atoms with E-state index in [9.17, 15) is 9.59 Å². The van der Waals surface area contributed by atoms with Crippen molar-refractivity contribution in [1.29, 1.82) is 0 Å². The molecule has 2 rings (SSSR count). The van der Waals surface area contributed by atoms with Gasteiger partial charge in [-0.25, -0.2) is 4.98 Å². The summed E-state index contributed by atoms with van der Waals surface area (Å²) >= 11 is 0. The first-order valence-electron chi connectivity index (χ1n) is 6.12. The lowest BCUT2D eigenvalue weighted by Gasteiger charge is -2.30. The Balaban J connectivity index is 2.46. The van der Waals surface area contributed by atoms with Crippen molar-refractivity contribution in [3.63, 3.8) is 0 Å². The molecule has 0 fully saturated rings. The number of rotatable bonds is 4. The summed E-state index contributed by atoms with van der Waals surface area (Å²) in [5.74, 6) is -0.418. The number of carbonyl (C=O) groups is 2. The SMILES string of the molecule is CNc1ccc(C2(C(N)=O)C=CC=C(C(N)=O)C2)cn1. The van der Waals surface area contributed by atoms with Crippen LogP contribution in [0.4, 0.5) is 5.82 Å². The summed E-state index contributed by atoms with van der Waals surface area (Å²) in [4.78, 5) is 27.5. The molecule has 2 amide bonds. The van der Waals surface area contributed by atoms with E-state index in [1.807, 2.05) is 0 Å². The van der Waals surface area contributed by atoms with Crippen molar-refractivity contribution in [2.75, 3.05) is 12.4 Å². The number of primary amides is 2. The van der Waals surface area contributed by atoms with Gasteiger partial charge in [0.15, 0.2) is 0 Å². The number of nitrogens with two attached hydrogens (primary N) is 2.